The van der Waals surface area contributed by atoms with Crippen molar-refractivity contribution in [2.45, 2.75) is 30.2 Å². The lowest BCUT2D eigenvalue weighted by atomic mass is 10.0. The summed E-state index contributed by atoms with van der Waals surface area (Å²) in [6.45, 7) is 1.87. The number of carboxylic acids is 1. The maximum Gasteiger partial charge on any atom is 0.305 e. The van der Waals surface area contributed by atoms with Crippen molar-refractivity contribution in [1.29, 1.82) is 0 Å². The van der Waals surface area contributed by atoms with Crippen LogP contribution in [0.4, 0.5) is 0 Å². The van der Waals surface area contributed by atoms with Gasteiger partial charge in [-0.05, 0) is 18.6 Å². The number of benzene rings is 1. The van der Waals surface area contributed by atoms with Crippen molar-refractivity contribution in [2.24, 2.45) is 0 Å². The molecule has 0 aliphatic carbocycles. The van der Waals surface area contributed by atoms with E-state index in [1.54, 1.807) is 6.07 Å². The van der Waals surface area contributed by atoms with Crippen molar-refractivity contribution in [3.8, 4) is 5.75 Å². The van der Waals surface area contributed by atoms with Crippen LogP contribution in [-0.2, 0) is 26.0 Å². The number of carbonyl (C=O) groups is 1. The van der Waals surface area contributed by atoms with Crippen molar-refractivity contribution in [3.63, 3.8) is 0 Å². The van der Waals surface area contributed by atoms with Gasteiger partial charge in [-0.3, -0.25) is 4.79 Å². The number of carboxylic acid groups (broad SMARTS) is 1. The Bertz CT molecular complexity index is 672. The first-order chi connectivity index (χ1) is 10.3. The fraction of sp³-hybridized carbons (Fsp3) is 0.500. The number of nitrogens with one attached hydrogen (secondary N) is 1. The zero-order valence-corrected chi connectivity index (χ0v) is 13.3. The molecule has 1 unspecified atom stereocenters. The van der Waals surface area contributed by atoms with Gasteiger partial charge in [-0.15, -0.1) is 0 Å². The average Bonchev–Trinajstić information content (AvgIpc) is 2.84. The second-order valence-electron chi connectivity index (χ2n) is 5.51. The standard InChI is InChI=1S/C14H19NO6S/c1-14(9-20-2,8-12(16)17)15-22(18,19)11-5-3-4-10-6-7-21-13(10)11/h3-5,15H,6-9H2,1-2H3,(H,16,17). The van der Waals surface area contributed by atoms with Crippen molar-refractivity contribution < 1.29 is 27.8 Å². The highest BCUT2D eigenvalue weighted by Gasteiger charge is 2.35. The molecule has 0 aromatic heterocycles. The van der Waals surface area contributed by atoms with Gasteiger partial charge < -0.3 is 14.6 Å². The van der Waals surface area contributed by atoms with E-state index in [2.05, 4.69) is 4.72 Å². The summed E-state index contributed by atoms with van der Waals surface area (Å²) < 4.78 is 38.0. The fourth-order valence-electron chi connectivity index (χ4n) is 2.54. The highest BCUT2D eigenvalue weighted by molar-refractivity contribution is 7.89. The van der Waals surface area contributed by atoms with Gasteiger partial charge in [-0.2, -0.15) is 0 Å². The Labute approximate surface area is 129 Å². The first-order valence-corrected chi connectivity index (χ1v) is 8.25. The molecule has 0 fully saturated rings. The molecule has 1 aliphatic heterocycles. The number of aliphatic carboxylic acids is 1. The number of ether oxygens (including phenoxy) is 2. The predicted molar refractivity (Wildman–Crippen MR) is 78.5 cm³/mol. The molecule has 0 spiro atoms. The monoisotopic (exact) mass is 329 g/mol. The summed E-state index contributed by atoms with van der Waals surface area (Å²) in [5, 5.41) is 8.98. The molecule has 122 valence electrons. The van der Waals surface area contributed by atoms with E-state index in [4.69, 9.17) is 14.6 Å². The molecule has 1 aliphatic rings. The van der Waals surface area contributed by atoms with E-state index >= 15 is 0 Å². The summed E-state index contributed by atoms with van der Waals surface area (Å²) >= 11 is 0. The summed E-state index contributed by atoms with van der Waals surface area (Å²) in [5.74, 6) is -0.776. The van der Waals surface area contributed by atoms with Crippen LogP contribution in [0.2, 0.25) is 0 Å². The Hall–Kier alpha value is -1.64. The van der Waals surface area contributed by atoms with E-state index in [9.17, 15) is 13.2 Å². The maximum absolute atomic E-state index is 12.6. The topological polar surface area (TPSA) is 102 Å². The third-order valence-electron chi connectivity index (χ3n) is 3.35. The minimum atomic E-state index is -3.93. The van der Waals surface area contributed by atoms with Gasteiger partial charge in [0.2, 0.25) is 10.0 Å². The summed E-state index contributed by atoms with van der Waals surface area (Å²) in [7, 11) is -2.54. The summed E-state index contributed by atoms with van der Waals surface area (Å²) in [5.41, 5.74) is -0.421. The predicted octanol–water partition coefficient (Wildman–Crippen LogP) is 0.780. The molecule has 0 saturated carbocycles. The summed E-state index contributed by atoms with van der Waals surface area (Å²) in [4.78, 5) is 11.0. The van der Waals surface area contributed by atoms with Gasteiger partial charge >= 0.3 is 5.97 Å². The molecule has 0 bridgehead atoms. The van der Waals surface area contributed by atoms with Crippen LogP contribution in [0.1, 0.15) is 18.9 Å². The van der Waals surface area contributed by atoms with Crippen molar-refractivity contribution >= 4 is 16.0 Å². The number of hydrogen-bond donors (Lipinski definition) is 2. The molecular formula is C14H19NO6S. The molecule has 8 heteroatoms. The van der Waals surface area contributed by atoms with Crippen molar-refractivity contribution in [1.82, 2.24) is 4.72 Å². The molecule has 7 nitrogen and oxygen atoms in total. The quantitative estimate of drug-likeness (QED) is 0.766. The summed E-state index contributed by atoms with van der Waals surface area (Å²) in [6.07, 6.45) is 0.263. The molecule has 1 atom stereocenters. The molecule has 0 amide bonds. The molecular weight excluding hydrogens is 310 g/mol. The van der Waals surface area contributed by atoms with Gasteiger partial charge in [0.15, 0.2) is 0 Å². The molecule has 0 saturated heterocycles. The fourth-order valence-corrected chi connectivity index (χ4v) is 4.13. The zero-order valence-electron chi connectivity index (χ0n) is 12.5. The summed E-state index contributed by atoms with van der Waals surface area (Å²) in [6, 6.07) is 4.90. The van der Waals surface area contributed by atoms with Crippen LogP contribution < -0.4 is 9.46 Å². The SMILES string of the molecule is COCC(C)(CC(=O)O)NS(=O)(=O)c1cccc2c1OCC2. The lowest BCUT2D eigenvalue weighted by molar-refractivity contribution is -0.138. The van der Waals surface area contributed by atoms with E-state index in [1.165, 1.54) is 20.1 Å². The third-order valence-corrected chi connectivity index (χ3v) is 5.01. The Morgan fingerprint density at radius 2 is 2.23 bits per heavy atom. The highest BCUT2D eigenvalue weighted by Crippen LogP contribution is 2.33. The highest BCUT2D eigenvalue weighted by atomic mass is 32.2. The van der Waals surface area contributed by atoms with Crippen molar-refractivity contribution in [3.05, 3.63) is 23.8 Å². The van der Waals surface area contributed by atoms with Gasteiger partial charge in [0, 0.05) is 13.5 Å². The van der Waals surface area contributed by atoms with Gasteiger partial charge in [-0.25, -0.2) is 13.1 Å². The number of para-hydroxylation sites is 1. The zero-order chi connectivity index (χ0) is 16.4. The second kappa shape index (κ2) is 6.23. The van der Waals surface area contributed by atoms with Crippen LogP contribution in [0.5, 0.6) is 5.75 Å². The van der Waals surface area contributed by atoms with Crippen LogP contribution >= 0.6 is 0 Å². The molecule has 1 aromatic carbocycles. The number of rotatable bonds is 7. The number of fused-ring (bicyclic) bond motifs is 1. The number of hydrogen-bond acceptors (Lipinski definition) is 5. The molecule has 0 radical (unpaired) electrons. The Morgan fingerprint density at radius 3 is 2.86 bits per heavy atom. The smallest absolute Gasteiger partial charge is 0.305 e. The van der Waals surface area contributed by atoms with Gasteiger partial charge in [0.1, 0.15) is 10.6 Å². The number of methoxy groups -OCH3 is 1. The van der Waals surface area contributed by atoms with Crippen LogP contribution in [0.3, 0.4) is 0 Å². The third kappa shape index (κ3) is 3.57. The van der Waals surface area contributed by atoms with Crippen LogP contribution in [0.25, 0.3) is 0 Å². The minimum Gasteiger partial charge on any atom is -0.492 e. The molecule has 2 N–H and O–H groups in total. The van der Waals surface area contributed by atoms with Crippen molar-refractivity contribution in [2.75, 3.05) is 20.3 Å². The molecule has 1 heterocycles. The molecule has 2 rings (SSSR count). The van der Waals surface area contributed by atoms with E-state index in [1.807, 2.05) is 6.07 Å². The van der Waals surface area contributed by atoms with Gasteiger partial charge in [0.25, 0.3) is 0 Å². The lowest BCUT2D eigenvalue weighted by Crippen LogP contribution is -2.50. The largest absolute Gasteiger partial charge is 0.492 e. The van der Waals surface area contributed by atoms with Gasteiger partial charge in [0.05, 0.1) is 25.2 Å². The Morgan fingerprint density at radius 1 is 1.50 bits per heavy atom. The maximum atomic E-state index is 12.6. The second-order valence-corrected chi connectivity index (χ2v) is 7.16. The van der Waals surface area contributed by atoms with Gasteiger partial charge in [-0.1, -0.05) is 12.1 Å². The van der Waals surface area contributed by atoms with E-state index < -0.39 is 28.0 Å². The lowest BCUT2D eigenvalue weighted by Gasteiger charge is -2.28. The first-order valence-electron chi connectivity index (χ1n) is 6.77. The van der Waals surface area contributed by atoms with E-state index in [0.717, 1.165) is 5.56 Å². The van der Waals surface area contributed by atoms with Crippen LogP contribution in [0, 0.1) is 0 Å². The van der Waals surface area contributed by atoms with E-state index in [0.29, 0.717) is 18.8 Å². The van der Waals surface area contributed by atoms with Crippen LogP contribution in [0.15, 0.2) is 23.1 Å². The molecule has 1 aromatic rings. The average molecular weight is 329 g/mol. The van der Waals surface area contributed by atoms with E-state index in [-0.39, 0.29) is 11.5 Å². The Kier molecular flexibility index (Phi) is 4.74. The first kappa shape index (κ1) is 16.7. The number of sulfonamides is 1. The molecule has 22 heavy (non-hydrogen) atoms. The minimum absolute atomic E-state index is 0.0233. The Balaban J connectivity index is 2.34. The normalized spacial score (nSPS) is 16.6. The van der Waals surface area contributed by atoms with Crippen LogP contribution in [-0.4, -0.2) is 45.4 Å².